The van der Waals surface area contributed by atoms with Crippen molar-refractivity contribution in [3.63, 3.8) is 0 Å². The van der Waals surface area contributed by atoms with Gasteiger partial charge in [0.15, 0.2) is 0 Å². The number of piperidine rings is 1. The summed E-state index contributed by atoms with van der Waals surface area (Å²) < 4.78 is 0. The second kappa shape index (κ2) is 8.94. The van der Waals surface area contributed by atoms with Gasteiger partial charge in [0.25, 0.3) is 0 Å². The van der Waals surface area contributed by atoms with Crippen molar-refractivity contribution in [2.45, 2.75) is 79.3 Å². The van der Waals surface area contributed by atoms with Gasteiger partial charge in [-0.15, -0.1) is 0 Å². The second-order valence-corrected chi connectivity index (χ2v) is 12.6. The molecule has 174 valence electrons. The van der Waals surface area contributed by atoms with E-state index in [9.17, 15) is 4.79 Å². The molecule has 5 heteroatoms. The van der Waals surface area contributed by atoms with Gasteiger partial charge in [0.05, 0.1) is 0 Å². The van der Waals surface area contributed by atoms with Gasteiger partial charge in [-0.25, -0.2) is 4.79 Å². The van der Waals surface area contributed by atoms with Crippen LogP contribution in [0.2, 0.25) is 5.02 Å². The molecule has 2 aliphatic heterocycles. The van der Waals surface area contributed by atoms with Crippen molar-refractivity contribution in [3.8, 4) is 0 Å². The van der Waals surface area contributed by atoms with Gasteiger partial charge in [0.2, 0.25) is 0 Å². The van der Waals surface area contributed by atoms with Crippen LogP contribution in [0.4, 0.5) is 4.79 Å². The first kappa shape index (κ1) is 24.4. The van der Waals surface area contributed by atoms with E-state index in [1.807, 2.05) is 17.0 Å². The Morgan fingerprint density at radius 2 is 1.71 bits per heavy atom. The molecule has 1 N–H and O–H groups in total. The van der Waals surface area contributed by atoms with E-state index in [1.165, 1.54) is 5.56 Å². The molecular formula is C26H42ClN3O. The fourth-order valence-corrected chi connectivity index (χ4v) is 6.16. The van der Waals surface area contributed by atoms with E-state index in [2.05, 4.69) is 70.8 Å². The highest BCUT2D eigenvalue weighted by molar-refractivity contribution is 6.30. The van der Waals surface area contributed by atoms with Gasteiger partial charge < -0.3 is 10.2 Å². The summed E-state index contributed by atoms with van der Waals surface area (Å²) in [5.74, 6) is 0.642. The van der Waals surface area contributed by atoms with Crippen molar-refractivity contribution in [2.24, 2.45) is 16.7 Å². The third kappa shape index (κ3) is 5.96. The quantitative estimate of drug-likeness (QED) is 0.569. The molecule has 1 unspecified atom stereocenters. The Hall–Kier alpha value is -1.26. The zero-order valence-electron chi connectivity index (χ0n) is 20.6. The Balaban J connectivity index is 1.66. The van der Waals surface area contributed by atoms with Crippen LogP contribution in [-0.2, 0) is 0 Å². The first-order valence-corrected chi connectivity index (χ1v) is 12.2. The average molecular weight is 448 g/mol. The molecule has 1 spiro atoms. The van der Waals surface area contributed by atoms with Gasteiger partial charge in [-0.2, -0.15) is 0 Å². The van der Waals surface area contributed by atoms with E-state index in [0.717, 1.165) is 50.5 Å². The highest BCUT2D eigenvalue weighted by atomic mass is 35.5. The molecule has 1 aromatic rings. The summed E-state index contributed by atoms with van der Waals surface area (Å²) in [4.78, 5) is 17.7. The van der Waals surface area contributed by atoms with E-state index in [4.69, 9.17) is 11.6 Å². The lowest BCUT2D eigenvalue weighted by atomic mass is 9.63. The number of benzene rings is 1. The van der Waals surface area contributed by atoms with Crippen LogP contribution in [-0.4, -0.2) is 47.5 Å². The first-order chi connectivity index (χ1) is 14.3. The first-order valence-electron chi connectivity index (χ1n) is 11.9. The Labute approximate surface area is 194 Å². The topological polar surface area (TPSA) is 35.6 Å². The van der Waals surface area contributed by atoms with Crippen LogP contribution in [0.3, 0.4) is 0 Å². The Bertz CT molecular complexity index is 758. The molecule has 0 bridgehead atoms. The highest BCUT2D eigenvalue weighted by Gasteiger charge is 2.54. The normalized spacial score (nSPS) is 22.0. The van der Waals surface area contributed by atoms with Crippen molar-refractivity contribution in [2.75, 3.05) is 26.2 Å². The third-order valence-electron chi connectivity index (χ3n) is 6.71. The van der Waals surface area contributed by atoms with E-state index in [1.54, 1.807) is 0 Å². The maximum absolute atomic E-state index is 13.0. The van der Waals surface area contributed by atoms with Gasteiger partial charge in [-0.3, -0.25) is 4.90 Å². The van der Waals surface area contributed by atoms with Crippen LogP contribution < -0.4 is 5.32 Å². The van der Waals surface area contributed by atoms with Crippen LogP contribution in [0, 0.1) is 16.7 Å². The zero-order valence-corrected chi connectivity index (χ0v) is 21.4. The van der Waals surface area contributed by atoms with Crippen LogP contribution in [0.25, 0.3) is 0 Å². The lowest BCUT2D eigenvalue weighted by Crippen LogP contribution is -2.64. The predicted molar refractivity (Wildman–Crippen MR) is 131 cm³/mol. The summed E-state index contributed by atoms with van der Waals surface area (Å²) in [6.45, 7) is 19.4. The van der Waals surface area contributed by atoms with E-state index >= 15 is 0 Å². The number of hydrogen-bond donors (Lipinski definition) is 1. The van der Waals surface area contributed by atoms with Gasteiger partial charge >= 0.3 is 6.03 Å². The molecule has 0 saturated carbocycles. The monoisotopic (exact) mass is 447 g/mol. The van der Waals surface area contributed by atoms with Gasteiger partial charge in [-0.05, 0) is 62.1 Å². The number of likely N-dealkylation sites (tertiary alicyclic amines) is 2. The number of hydrogen-bond acceptors (Lipinski definition) is 2. The minimum Gasteiger partial charge on any atom is -0.333 e. The predicted octanol–water partition coefficient (Wildman–Crippen LogP) is 6.36. The number of rotatable bonds is 5. The van der Waals surface area contributed by atoms with Crippen LogP contribution >= 0.6 is 11.6 Å². The number of carbonyl (C=O) groups excluding carboxylic acids is 1. The summed E-state index contributed by atoms with van der Waals surface area (Å²) >= 11 is 6.16. The van der Waals surface area contributed by atoms with E-state index < -0.39 is 0 Å². The summed E-state index contributed by atoms with van der Waals surface area (Å²) in [5.41, 5.74) is 1.60. The molecule has 31 heavy (non-hydrogen) atoms. The standard InChI is InChI=1S/C26H42ClN3O/c1-19(2)16-30-18-26(22(30)20-8-10-21(27)11-9-20)12-14-29(15-13-26)23(31)28-25(6,7)17-24(3,4)5/h8-11,19,22H,12-18H2,1-7H3,(H,28,31). The van der Waals surface area contributed by atoms with Gasteiger partial charge in [-0.1, -0.05) is 58.4 Å². The fraction of sp³-hybridized carbons (Fsp3) is 0.731. The molecule has 1 aromatic carbocycles. The smallest absolute Gasteiger partial charge is 0.317 e. The third-order valence-corrected chi connectivity index (χ3v) is 6.96. The minimum absolute atomic E-state index is 0.0884. The number of halogens is 1. The molecule has 2 fully saturated rings. The van der Waals surface area contributed by atoms with Gasteiger partial charge in [0.1, 0.15) is 0 Å². The molecular weight excluding hydrogens is 406 g/mol. The molecule has 0 radical (unpaired) electrons. The molecule has 1 atom stereocenters. The largest absolute Gasteiger partial charge is 0.333 e. The molecule has 2 aliphatic rings. The van der Waals surface area contributed by atoms with E-state index in [0.29, 0.717) is 12.0 Å². The van der Waals surface area contributed by atoms with Crippen molar-refractivity contribution < 1.29 is 4.79 Å². The Morgan fingerprint density at radius 3 is 2.23 bits per heavy atom. The Morgan fingerprint density at radius 1 is 1.13 bits per heavy atom. The molecule has 2 amide bonds. The maximum atomic E-state index is 13.0. The number of carbonyl (C=O) groups is 1. The summed E-state index contributed by atoms with van der Waals surface area (Å²) in [6.07, 6.45) is 3.07. The van der Waals surface area contributed by atoms with Crippen LogP contribution in [0.15, 0.2) is 24.3 Å². The minimum atomic E-state index is -0.207. The van der Waals surface area contributed by atoms with Crippen LogP contribution in [0.1, 0.15) is 79.3 Å². The molecule has 0 aliphatic carbocycles. The zero-order chi connectivity index (χ0) is 23.0. The molecule has 2 heterocycles. The lowest BCUT2D eigenvalue weighted by molar-refractivity contribution is -0.112. The van der Waals surface area contributed by atoms with Gasteiger partial charge in [0, 0.05) is 48.2 Å². The number of amides is 2. The SMILES string of the molecule is CC(C)CN1CC2(CCN(C(=O)NC(C)(C)CC(C)(C)C)CC2)C1c1ccc(Cl)cc1. The maximum Gasteiger partial charge on any atom is 0.317 e. The summed E-state index contributed by atoms with van der Waals surface area (Å²) in [5, 5.41) is 4.08. The van der Waals surface area contributed by atoms with Crippen LogP contribution in [0.5, 0.6) is 0 Å². The van der Waals surface area contributed by atoms with E-state index in [-0.39, 0.29) is 22.4 Å². The summed E-state index contributed by atoms with van der Waals surface area (Å²) in [6, 6.07) is 8.91. The van der Waals surface area contributed by atoms with Crippen molar-refractivity contribution in [3.05, 3.63) is 34.9 Å². The highest BCUT2D eigenvalue weighted by Crippen LogP contribution is 2.55. The molecule has 4 nitrogen and oxygen atoms in total. The number of nitrogens with one attached hydrogen (secondary N) is 1. The van der Waals surface area contributed by atoms with Crippen molar-refractivity contribution >= 4 is 17.6 Å². The number of nitrogens with zero attached hydrogens (tertiary/aromatic N) is 2. The van der Waals surface area contributed by atoms with Crippen molar-refractivity contribution in [1.82, 2.24) is 15.1 Å². The molecule has 0 aromatic heterocycles. The second-order valence-electron chi connectivity index (χ2n) is 12.2. The molecule has 3 rings (SSSR count). The lowest BCUT2D eigenvalue weighted by Gasteiger charge is -2.61. The fourth-order valence-electron chi connectivity index (χ4n) is 6.03. The number of urea groups is 1. The van der Waals surface area contributed by atoms with Crippen molar-refractivity contribution in [1.29, 1.82) is 0 Å². The molecule has 2 saturated heterocycles. The summed E-state index contributed by atoms with van der Waals surface area (Å²) in [7, 11) is 0. The average Bonchev–Trinajstić information content (AvgIpc) is 2.60. The Kier molecular flexibility index (Phi) is 7.03.